The van der Waals surface area contributed by atoms with Gasteiger partial charge < -0.3 is 9.47 Å². The summed E-state index contributed by atoms with van der Waals surface area (Å²) in [5.74, 6) is 0.869. The topological polar surface area (TPSA) is 55.7 Å². The van der Waals surface area contributed by atoms with Gasteiger partial charge in [-0.3, -0.25) is 5.43 Å². The molecule has 32 heavy (non-hydrogen) atoms. The minimum Gasteiger partial charge on any atom is -0.493 e. The van der Waals surface area contributed by atoms with Crippen molar-refractivity contribution < 1.29 is 13.9 Å². The normalized spacial score (nSPS) is 11.0. The number of halogens is 1. The average molecular weight is 448 g/mol. The highest BCUT2D eigenvalue weighted by atomic mass is 32.1. The Hall–Kier alpha value is -3.71. The third kappa shape index (κ3) is 5.31. The molecular weight excluding hydrogens is 425 g/mol. The molecule has 0 aliphatic heterocycles. The van der Waals surface area contributed by atoms with Crippen LogP contribution in [0.2, 0.25) is 0 Å². The van der Waals surface area contributed by atoms with E-state index in [1.807, 2.05) is 23.6 Å². The van der Waals surface area contributed by atoms with E-state index in [0.717, 1.165) is 22.4 Å². The Morgan fingerprint density at radius 3 is 2.59 bits per heavy atom. The van der Waals surface area contributed by atoms with E-state index in [0.29, 0.717) is 16.6 Å². The Kier molecular flexibility index (Phi) is 6.77. The van der Waals surface area contributed by atoms with Gasteiger partial charge in [-0.2, -0.15) is 5.10 Å². The Morgan fingerprint density at radius 2 is 1.84 bits per heavy atom. The molecule has 0 saturated heterocycles. The summed E-state index contributed by atoms with van der Waals surface area (Å²) in [4.78, 5) is 4.59. The van der Waals surface area contributed by atoms with Crippen LogP contribution in [-0.4, -0.2) is 18.3 Å². The molecule has 162 valence electrons. The fourth-order valence-corrected chi connectivity index (χ4v) is 3.69. The first-order chi connectivity index (χ1) is 15.6. The number of rotatable bonds is 8. The second kappa shape index (κ2) is 10.1. The largest absolute Gasteiger partial charge is 0.493 e. The standard InChI is InChI=1S/C25H22FN3O2S/c1-17-6-10-19(11-7-17)22-16-32-25(28-22)29-27-14-20-4-3-5-23(30-2)24(20)31-15-18-8-12-21(26)13-9-18/h3-14,16H,15H2,1-2H3,(H,28,29)/b27-14+. The van der Waals surface area contributed by atoms with Gasteiger partial charge in [0.05, 0.1) is 19.0 Å². The summed E-state index contributed by atoms with van der Waals surface area (Å²) < 4.78 is 24.6. The second-order valence-electron chi connectivity index (χ2n) is 7.07. The molecule has 0 unspecified atom stereocenters. The van der Waals surface area contributed by atoms with E-state index in [1.165, 1.54) is 29.0 Å². The van der Waals surface area contributed by atoms with Crippen LogP contribution in [0.25, 0.3) is 11.3 Å². The summed E-state index contributed by atoms with van der Waals surface area (Å²) in [6, 6.07) is 20.0. The van der Waals surface area contributed by atoms with Gasteiger partial charge in [-0.25, -0.2) is 9.37 Å². The van der Waals surface area contributed by atoms with Crippen LogP contribution in [0.1, 0.15) is 16.7 Å². The van der Waals surface area contributed by atoms with Crippen molar-refractivity contribution in [2.45, 2.75) is 13.5 Å². The molecule has 3 aromatic carbocycles. The lowest BCUT2D eigenvalue weighted by molar-refractivity contribution is 0.284. The van der Waals surface area contributed by atoms with Gasteiger partial charge in [-0.05, 0) is 36.8 Å². The Balaban J connectivity index is 1.46. The Morgan fingerprint density at radius 1 is 1.06 bits per heavy atom. The highest BCUT2D eigenvalue weighted by molar-refractivity contribution is 7.14. The first-order valence-corrected chi connectivity index (χ1v) is 10.9. The van der Waals surface area contributed by atoms with Crippen LogP contribution in [0.3, 0.4) is 0 Å². The molecule has 0 fully saturated rings. The molecule has 0 bridgehead atoms. The van der Waals surface area contributed by atoms with Gasteiger partial charge >= 0.3 is 0 Å². The van der Waals surface area contributed by atoms with Crippen LogP contribution in [0.15, 0.2) is 77.2 Å². The number of methoxy groups -OCH3 is 1. The highest BCUT2D eigenvalue weighted by Crippen LogP contribution is 2.31. The zero-order valence-electron chi connectivity index (χ0n) is 17.7. The first kappa shape index (κ1) is 21.5. The van der Waals surface area contributed by atoms with E-state index in [4.69, 9.17) is 9.47 Å². The third-order valence-corrected chi connectivity index (χ3v) is 5.49. The number of para-hydroxylation sites is 1. The minimum atomic E-state index is -0.280. The number of nitrogens with one attached hydrogen (secondary N) is 1. The molecule has 0 spiro atoms. The maximum atomic E-state index is 13.1. The predicted molar refractivity (Wildman–Crippen MR) is 127 cm³/mol. The fourth-order valence-electron chi connectivity index (χ4n) is 3.02. The average Bonchev–Trinajstić information content (AvgIpc) is 3.28. The molecule has 0 radical (unpaired) electrons. The van der Waals surface area contributed by atoms with Crippen LogP contribution in [0.5, 0.6) is 11.5 Å². The number of hydrogen-bond donors (Lipinski definition) is 1. The summed E-state index contributed by atoms with van der Waals surface area (Å²) in [6.07, 6.45) is 1.66. The number of aromatic nitrogens is 1. The van der Waals surface area contributed by atoms with E-state index in [1.54, 1.807) is 25.5 Å². The van der Waals surface area contributed by atoms with Crippen molar-refractivity contribution in [3.05, 3.63) is 94.6 Å². The molecular formula is C25H22FN3O2S. The van der Waals surface area contributed by atoms with E-state index in [9.17, 15) is 4.39 Å². The number of thiazole rings is 1. The van der Waals surface area contributed by atoms with Gasteiger partial charge in [-0.15, -0.1) is 11.3 Å². The van der Waals surface area contributed by atoms with E-state index in [2.05, 4.69) is 46.7 Å². The molecule has 1 N–H and O–H groups in total. The number of hydrogen-bond acceptors (Lipinski definition) is 6. The van der Waals surface area contributed by atoms with E-state index >= 15 is 0 Å². The number of hydrazone groups is 1. The molecule has 0 aliphatic carbocycles. The number of ether oxygens (including phenoxy) is 2. The van der Waals surface area contributed by atoms with Crippen LogP contribution < -0.4 is 14.9 Å². The van der Waals surface area contributed by atoms with Crippen molar-refractivity contribution in [2.75, 3.05) is 12.5 Å². The molecule has 7 heteroatoms. The number of anilines is 1. The minimum absolute atomic E-state index is 0.279. The predicted octanol–water partition coefficient (Wildman–Crippen LogP) is 6.29. The first-order valence-electron chi connectivity index (χ1n) is 9.98. The van der Waals surface area contributed by atoms with Crippen molar-refractivity contribution in [1.82, 2.24) is 4.98 Å². The SMILES string of the molecule is COc1cccc(/C=N/Nc2nc(-c3ccc(C)cc3)cs2)c1OCc1ccc(F)cc1. The van der Waals surface area contributed by atoms with Gasteiger partial charge in [0.2, 0.25) is 5.13 Å². The van der Waals surface area contributed by atoms with Crippen molar-refractivity contribution in [3.63, 3.8) is 0 Å². The van der Waals surface area contributed by atoms with Crippen LogP contribution in [-0.2, 0) is 6.61 Å². The molecule has 1 aromatic heterocycles. The van der Waals surface area contributed by atoms with E-state index < -0.39 is 0 Å². The van der Waals surface area contributed by atoms with Gasteiger partial charge in [0, 0.05) is 16.5 Å². The lowest BCUT2D eigenvalue weighted by atomic mass is 10.1. The monoisotopic (exact) mass is 447 g/mol. The summed E-state index contributed by atoms with van der Waals surface area (Å²) in [6.45, 7) is 2.34. The summed E-state index contributed by atoms with van der Waals surface area (Å²) in [5, 5.41) is 7.00. The van der Waals surface area contributed by atoms with Crippen molar-refractivity contribution >= 4 is 22.7 Å². The molecule has 0 amide bonds. The zero-order chi connectivity index (χ0) is 22.3. The molecule has 4 rings (SSSR count). The Bertz CT molecular complexity index is 1200. The molecule has 1 heterocycles. The molecule has 4 aromatic rings. The number of aryl methyl sites for hydroxylation is 1. The summed E-state index contributed by atoms with van der Waals surface area (Å²) in [5.41, 5.74) is 7.75. The quantitative estimate of drug-likeness (QED) is 0.255. The van der Waals surface area contributed by atoms with Gasteiger partial charge in [0.1, 0.15) is 12.4 Å². The maximum absolute atomic E-state index is 13.1. The fraction of sp³-hybridized carbons (Fsp3) is 0.120. The van der Waals surface area contributed by atoms with Crippen molar-refractivity contribution in [3.8, 4) is 22.8 Å². The Labute approximate surface area is 190 Å². The maximum Gasteiger partial charge on any atom is 0.203 e. The molecule has 0 aliphatic rings. The molecule has 0 atom stereocenters. The third-order valence-electron chi connectivity index (χ3n) is 4.74. The number of benzene rings is 3. The van der Waals surface area contributed by atoms with Crippen LogP contribution >= 0.6 is 11.3 Å². The highest BCUT2D eigenvalue weighted by Gasteiger charge is 2.10. The summed E-state index contributed by atoms with van der Waals surface area (Å²) >= 11 is 1.48. The van der Waals surface area contributed by atoms with Crippen molar-refractivity contribution in [1.29, 1.82) is 0 Å². The molecule has 5 nitrogen and oxygen atoms in total. The van der Waals surface area contributed by atoms with Crippen molar-refractivity contribution in [2.24, 2.45) is 5.10 Å². The summed E-state index contributed by atoms with van der Waals surface area (Å²) in [7, 11) is 1.58. The van der Waals surface area contributed by atoms with Crippen LogP contribution in [0, 0.1) is 12.7 Å². The zero-order valence-corrected chi connectivity index (χ0v) is 18.5. The van der Waals surface area contributed by atoms with E-state index in [-0.39, 0.29) is 12.4 Å². The van der Waals surface area contributed by atoms with Gasteiger partial charge in [0.25, 0.3) is 0 Å². The number of nitrogens with zero attached hydrogens (tertiary/aromatic N) is 2. The van der Waals surface area contributed by atoms with Crippen LogP contribution in [0.4, 0.5) is 9.52 Å². The lowest BCUT2D eigenvalue weighted by Crippen LogP contribution is -2.01. The molecule has 0 saturated carbocycles. The lowest BCUT2D eigenvalue weighted by Gasteiger charge is -2.13. The van der Waals surface area contributed by atoms with Gasteiger partial charge in [-0.1, -0.05) is 48.0 Å². The van der Waals surface area contributed by atoms with Gasteiger partial charge in [0.15, 0.2) is 11.5 Å². The second-order valence-corrected chi connectivity index (χ2v) is 7.93. The smallest absolute Gasteiger partial charge is 0.203 e.